The van der Waals surface area contributed by atoms with Gasteiger partial charge in [0.05, 0.1) is 0 Å². The summed E-state index contributed by atoms with van der Waals surface area (Å²) in [5.74, 6) is 0.336. The Morgan fingerprint density at radius 1 is 0.465 bits per heavy atom. The van der Waals surface area contributed by atoms with E-state index in [4.69, 9.17) is 0 Å². The van der Waals surface area contributed by atoms with Gasteiger partial charge in [0, 0.05) is 16.7 Å². The normalized spacial score (nSPS) is 11.4. The molecule has 0 aliphatic rings. The lowest BCUT2D eigenvalue weighted by Gasteiger charge is -2.26. The lowest BCUT2D eigenvalue weighted by molar-refractivity contribution is 0.480. The molecule has 0 bridgehead atoms. The molecular formula is C41H33OP. The lowest BCUT2D eigenvalue weighted by Crippen LogP contribution is -2.22. The number of benzene rings is 7. The van der Waals surface area contributed by atoms with Crippen molar-refractivity contribution in [2.24, 2.45) is 0 Å². The SMILES string of the molecule is Cc1cc(C)c(-c2cc3ccccc3c(-c3c(P(c4ccccc4)c4ccccc4)ccc4ccccc34)c2O)c(C)c1. The van der Waals surface area contributed by atoms with Crippen LogP contribution in [-0.4, -0.2) is 5.11 Å². The van der Waals surface area contributed by atoms with E-state index in [0.29, 0.717) is 5.75 Å². The Balaban J connectivity index is 1.64. The van der Waals surface area contributed by atoms with Crippen LogP contribution in [0.1, 0.15) is 16.7 Å². The van der Waals surface area contributed by atoms with Crippen LogP contribution in [0.3, 0.4) is 0 Å². The number of aromatic hydroxyl groups is 1. The number of aryl methyl sites for hydroxylation is 3. The van der Waals surface area contributed by atoms with Crippen molar-refractivity contribution in [3.05, 3.63) is 156 Å². The summed E-state index contributed by atoms with van der Waals surface area (Å²) >= 11 is 0. The highest BCUT2D eigenvalue weighted by molar-refractivity contribution is 7.80. The molecule has 43 heavy (non-hydrogen) atoms. The Kier molecular flexibility index (Phi) is 7.05. The van der Waals surface area contributed by atoms with E-state index >= 15 is 0 Å². The molecule has 0 aliphatic heterocycles. The number of phenolic OH excluding ortho intramolecular Hbond substituents is 1. The minimum Gasteiger partial charge on any atom is -0.507 e. The number of fused-ring (bicyclic) bond motifs is 2. The fourth-order valence-electron chi connectivity index (χ4n) is 6.68. The second-order valence-corrected chi connectivity index (χ2v) is 13.5. The van der Waals surface area contributed by atoms with Crippen molar-refractivity contribution < 1.29 is 5.11 Å². The molecule has 0 atom stereocenters. The number of hydrogen-bond acceptors (Lipinski definition) is 1. The van der Waals surface area contributed by atoms with Gasteiger partial charge in [-0.1, -0.05) is 139 Å². The first-order valence-electron chi connectivity index (χ1n) is 14.8. The van der Waals surface area contributed by atoms with E-state index in [-0.39, 0.29) is 0 Å². The van der Waals surface area contributed by atoms with Crippen LogP contribution in [0, 0.1) is 20.8 Å². The maximum Gasteiger partial charge on any atom is 0.131 e. The van der Waals surface area contributed by atoms with Gasteiger partial charge in [0.25, 0.3) is 0 Å². The van der Waals surface area contributed by atoms with Gasteiger partial charge < -0.3 is 5.11 Å². The van der Waals surface area contributed by atoms with Crippen LogP contribution in [0.5, 0.6) is 5.75 Å². The van der Waals surface area contributed by atoms with Crippen LogP contribution in [0.15, 0.2) is 140 Å². The van der Waals surface area contributed by atoms with Gasteiger partial charge in [-0.25, -0.2) is 0 Å². The van der Waals surface area contributed by atoms with Crippen LogP contribution >= 0.6 is 7.92 Å². The predicted octanol–water partition coefficient (Wildman–Crippen LogP) is 9.72. The summed E-state index contributed by atoms with van der Waals surface area (Å²) in [4.78, 5) is 0. The molecule has 1 N–H and O–H groups in total. The van der Waals surface area contributed by atoms with Gasteiger partial charge in [0.15, 0.2) is 0 Å². The van der Waals surface area contributed by atoms with Gasteiger partial charge in [-0.3, -0.25) is 0 Å². The van der Waals surface area contributed by atoms with Gasteiger partial charge in [-0.15, -0.1) is 0 Å². The highest BCUT2D eigenvalue weighted by atomic mass is 31.1. The third-order valence-electron chi connectivity index (χ3n) is 8.39. The zero-order valence-corrected chi connectivity index (χ0v) is 25.6. The Labute approximate surface area is 254 Å². The number of rotatable bonds is 5. The molecular weight excluding hydrogens is 539 g/mol. The first-order valence-corrected chi connectivity index (χ1v) is 16.1. The average molecular weight is 573 g/mol. The average Bonchev–Trinajstić information content (AvgIpc) is 3.02. The maximum atomic E-state index is 12.5. The molecule has 0 spiro atoms. The van der Waals surface area contributed by atoms with Crippen molar-refractivity contribution in [1.82, 2.24) is 0 Å². The highest BCUT2D eigenvalue weighted by Gasteiger charge is 2.26. The molecule has 7 rings (SSSR count). The second kappa shape index (κ2) is 11.2. The van der Waals surface area contributed by atoms with Crippen molar-refractivity contribution in [1.29, 1.82) is 0 Å². The van der Waals surface area contributed by atoms with E-state index in [1.54, 1.807) is 0 Å². The van der Waals surface area contributed by atoms with E-state index < -0.39 is 7.92 Å². The molecule has 7 aromatic rings. The summed E-state index contributed by atoms with van der Waals surface area (Å²) in [5.41, 5.74) is 7.56. The van der Waals surface area contributed by atoms with Crippen molar-refractivity contribution in [3.63, 3.8) is 0 Å². The molecule has 1 nitrogen and oxygen atoms in total. The summed E-state index contributed by atoms with van der Waals surface area (Å²) in [5, 5.41) is 20.8. The third-order valence-corrected chi connectivity index (χ3v) is 10.9. The van der Waals surface area contributed by atoms with Crippen LogP contribution in [0.4, 0.5) is 0 Å². The Morgan fingerprint density at radius 2 is 0.977 bits per heavy atom. The fourth-order valence-corrected chi connectivity index (χ4v) is 9.15. The third kappa shape index (κ3) is 4.81. The van der Waals surface area contributed by atoms with Crippen LogP contribution < -0.4 is 15.9 Å². The topological polar surface area (TPSA) is 20.2 Å². The van der Waals surface area contributed by atoms with E-state index in [1.807, 2.05) is 0 Å². The Morgan fingerprint density at radius 3 is 1.58 bits per heavy atom. The Hall–Kier alpha value is -4.71. The van der Waals surface area contributed by atoms with Crippen LogP contribution in [0.25, 0.3) is 43.8 Å². The molecule has 0 saturated carbocycles. The summed E-state index contributed by atoms with van der Waals surface area (Å²) in [6.07, 6.45) is 0. The second-order valence-electron chi connectivity index (χ2n) is 11.3. The number of hydrogen-bond donors (Lipinski definition) is 1. The monoisotopic (exact) mass is 572 g/mol. The Bertz CT molecular complexity index is 2050. The summed E-state index contributed by atoms with van der Waals surface area (Å²) in [6, 6.07) is 49.9. The van der Waals surface area contributed by atoms with Gasteiger partial charge in [0.1, 0.15) is 5.75 Å². The standard InChI is InChI=1S/C41H33OP/c1-27-24-28(2)38(29(3)25-27)36-26-31-15-11-13-21-35(31)40(41(36)42)39-34-20-12-10-14-30(34)22-23-37(39)43(32-16-6-4-7-17-32)33-18-8-5-9-19-33/h4-26,42H,1-3H3. The summed E-state index contributed by atoms with van der Waals surface area (Å²) in [6.45, 7) is 6.43. The van der Waals surface area contributed by atoms with Crippen molar-refractivity contribution in [3.8, 4) is 28.0 Å². The number of phenols is 1. The molecule has 7 aromatic carbocycles. The molecule has 0 heterocycles. The van der Waals surface area contributed by atoms with Gasteiger partial charge in [0.2, 0.25) is 0 Å². The summed E-state index contributed by atoms with van der Waals surface area (Å²) < 4.78 is 0. The first kappa shape index (κ1) is 27.1. The lowest BCUT2D eigenvalue weighted by atomic mass is 9.86. The minimum absolute atomic E-state index is 0.336. The van der Waals surface area contributed by atoms with Gasteiger partial charge in [-0.2, -0.15) is 0 Å². The summed E-state index contributed by atoms with van der Waals surface area (Å²) in [7, 11) is -0.923. The van der Waals surface area contributed by atoms with E-state index in [0.717, 1.165) is 43.8 Å². The van der Waals surface area contributed by atoms with Crippen LogP contribution in [-0.2, 0) is 0 Å². The highest BCUT2D eigenvalue weighted by Crippen LogP contribution is 2.49. The maximum absolute atomic E-state index is 12.5. The molecule has 0 unspecified atom stereocenters. The molecule has 0 amide bonds. The first-order chi connectivity index (χ1) is 21.0. The predicted molar refractivity (Wildman–Crippen MR) is 187 cm³/mol. The van der Waals surface area contributed by atoms with Crippen molar-refractivity contribution in [2.75, 3.05) is 0 Å². The molecule has 0 radical (unpaired) electrons. The molecule has 0 aromatic heterocycles. The molecule has 0 saturated heterocycles. The molecule has 0 fully saturated rings. The van der Waals surface area contributed by atoms with Crippen molar-refractivity contribution >= 4 is 45.4 Å². The van der Waals surface area contributed by atoms with Crippen molar-refractivity contribution in [2.45, 2.75) is 20.8 Å². The van der Waals surface area contributed by atoms with Gasteiger partial charge >= 0.3 is 0 Å². The molecule has 2 heteroatoms. The fraction of sp³-hybridized carbons (Fsp3) is 0.0732. The molecule has 0 aliphatic carbocycles. The largest absolute Gasteiger partial charge is 0.507 e. The minimum atomic E-state index is -0.923. The van der Waals surface area contributed by atoms with E-state index in [2.05, 4.69) is 160 Å². The zero-order valence-electron chi connectivity index (χ0n) is 24.7. The smallest absolute Gasteiger partial charge is 0.131 e. The van der Waals surface area contributed by atoms with E-state index in [9.17, 15) is 5.11 Å². The van der Waals surface area contributed by atoms with Gasteiger partial charge in [-0.05, 0) is 88.9 Å². The van der Waals surface area contributed by atoms with Crippen LogP contribution in [0.2, 0.25) is 0 Å². The van der Waals surface area contributed by atoms with E-state index in [1.165, 1.54) is 32.6 Å². The quantitative estimate of drug-likeness (QED) is 0.204. The zero-order chi connectivity index (χ0) is 29.5. The molecule has 208 valence electrons.